The maximum atomic E-state index is 8.79. The Kier molecular flexibility index (Phi) is 1.63. The molecule has 4 nitrogen and oxygen atoms in total. The van der Waals surface area contributed by atoms with Crippen LogP contribution in [-0.2, 0) is 9.62 Å². The molecule has 1 heterocycles. The number of nitrogens with two attached hydrogens (primary N) is 1. The summed E-state index contributed by atoms with van der Waals surface area (Å²) in [7, 11) is 0. The third-order valence-corrected chi connectivity index (χ3v) is 3.08. The first-order valence-electron chi connectivity index (χ1n) is 4.61. The zero-order valence-electron chi connectivity index (χ0n) is 8.33. The summed E-state index contributed by atoms with van der Waals surface area (Å²) in [5.41, 5.74) is 4.75. The third-order valence-electron chi connectivity index (χ3n) is 3.08. The van der Waals surface area contributed by atoms with E-state index in [1.165, 1.54) is 0 Å². The monoisotopic (exact) mass is 187 g/mol. The molecule has 0 amide bonds. The van der Waals surface area contributed by atoms with Gasteiger partial charge in [0.2, 0.25) is 0 Å². The van der Waals surface area contributed by atoms with Crippen LogP contribution in [0.15, 0.2) is 0 Å². The van der Waals surface area contributed by atoms with Gasteiger partial charge < -0.3 is 4.74 Å². The molecule has 0 aromatic carbocycles. The van der Waals surface area contributed by atoms with Crippen molar-refractivity contribution in [3.8, 4) is 0 Å². The van der Waals surface area contributed by atoms with Crippen LogP contribution < -0.4 is 5.73 Å². The first-order chi connectivity index (χ1) is 5.81. The van der Waals surface area contributed by atoms with Crippen LogP contribution in [-0.4, -0.2) is 22.7 Å². The lowest BCUT2D eigenvalue weighted by Crippen LogP contribution is -2.56. The molecule has 3 atom stereocenters. The number of epoxide rings is 1. The van der Waals surface area contributed by atoms with Gasteiger partial charge in [-0.3, -0.25) is 5.73 Å². The highest BCUT2D eigenvalue weighted by Crippen LogP contribution is 2.57. The smallest absolute Gasteiger partial charge is 0.181 e. The predicted molar refractivity (Wildman–Crippen MR) is 46.9 cm³/mol. The van der Waals surface area contributed by atoms with Gasteiger partial charge in [-0.25, -0.2) is 10.1 Å². The molecule has 1 aliphatic carbocycles. The van der Waals surface area contributed by atoms with Crippen LogP contribution in [0.1, 0.15) is 33.6 Å². The van der Waals surface area contributed by atoms with Gasteiger partial charge in [0.15, 0.2) is 5.72 Å². The van der Waals surface area contributed by atoms with E-state index in [1.54, 1.807) is 0 Å². The van der Waals surface area contributed by atoms with Crippen molar-refractivity contribution in [2.24, 2.45) is 11.1 Å². The Morgan fingerprint density at radius 1 is 1.38 bits per heavy atom. The molecule has 2 rings (SSSR count). The van der Waals surface area contributed by atoms with Crippen molar-refractivity contribution in [1.82, 2.24) is 0 Å². The van der Waals surface area contributed by atoms with Gasteiger partial charge in [-0.15, -0.1) is 0 Å². The first-order valence-corrected chi connectivity index (χ1v) is 4.61. The number of rotatable bonds is 1. The summed E-state index contributed by atoms with van der Waals surface area (Å²) in [4.78, 5) is 4.39. The van der Waals surface area contributed by atoms with Crippen LogP contribution in [0.5, 0.6) is 0 Å². The van der Waals surface area contributed by atoms with Gasteiger partial charge in [-0.1, -0.05) is 13.8 Å². The second-order valence-electron chi connectivity index (χ2n) is 5.37. The Bertz CT molecular complexity index is 240. The summed E-state index contributed by atoms with van der Waals surface area (Å²) in [5, 5.41) is 8.79. The van der Waals surface area contributed by atoms with Crippen LogP contribution in [0.2, 0.25) is 0 Å². The van der Waals surface area contributed by atoms with Crippen LogP contribution in [0.4, 0.5) is 0 Å². The fourth-order valence-corrected chi connectivity index (χ4v) is 2.92. The maximum Gasteiger partial charge on any atom is 0.181 e. The number of fused-ring (bicyclic) bond motifs is 1. The highest BCUT2D eigenvalue weighted by molar-refractivity contribution is 5.15. The molecular formula is C9H17NO3. The maximum absolute atomic E-state index is 8.79. The van der Waals surface area contributed by atoms with Gasteiger partial charge >= 0.3 is 0 Å². The van der Waals surface area contributed by atoms with Crippen LogP contribution >= 0.6 is 0 Å². The number of hydrogen-bond donors (Lipinski definition) is 2. The van der Waals surface area contributed by atoms with E-state index in [-0.39, 0.29) is 17.1 Å². The average Bonchev–Trinajstić information content (AvgIpc) is 2.59. The predicted octanol–water partition coefficient (Wildman–Crippen LogP) is 1.11. The molecule has 0 aromatic heterocycles. The van der Waals surface area contributed by atoms with Crippen molar-refractivity contribution in [3.05, 3.63) is 0 Å². The second kappa shape index (κ2) is 2.25. The molecule has 4 heteroatoms. The molecule has 0 bridgehead atoms. The molecule has 0 aromatic rings. The molecule has 3 N–H and O–H groups in total. The lowest BCUT2D eigenvalue weighted by molar-refractivity contribution is -0.336. The van der Waals surface area contributed by atoms with E-state index in [1.807, 2.05) is 6.92 Å². The van der Waals surface area contributed by atoms with E-state index in [0.29, 0.717) is 6.42 Å². The van der Waals surface area contributed by atoms with Gasteiger partial charge in [-0.2, -0.15) is 0 Å². The topological polar surface area (TPSA) is 68.0 Å². The number of ether oxygens (including phenoxy) is 1. The van der Waals surface area contributed by atoms with E-state index in [0.717, 1.165) is 6.42 Å². The van der Waals surface area contributed by atoms with Gasteiger partial charge in [-0.05, 0) is 18.8 Å². The fraction of sp³-hybridized carbons (Fsp3) is 1.00. The van der Waals surface area contributed by atoms with Gasteiger partial charge in [0.05, 0.1) is 5.60 Å². The van der Waals surface area contributed by atoms with Gasteiger partial charge in [0.25, 0.3) is 0 Å². The van der Waals surface area contributed by atoms with Crippen molar-refractivity contribution in [2.75, 3.05) is 0 Å². The molecule has 1 saturated heterocycles. The Labute approximate surface area is 77.9 Å². The molecular weight excluding hydrogens is 170 g/mol. The molecule has 3 unspecified atom stereocenters. The van der Waals surface area contributed by atoms with Crippen LogP contribution in [0.25, 0.3) is 0 Å². The minimum Gasteiger partial charge on any atom is -0.362 e. The molecule has 13 heavy (non-hydrogen) atoms. The highest BCUT2D eigenvalue weighted by Gasteiger charge is 2.69. The van der Waals surface area contributed by atoms with Gasteiger partial charge in [0, 0.05) is 6.42 Å². The Hall–Kier alpha value is -0.160. The molecule has 1 saturated carbocycles. The van der Waals surface area contributed by atoms with Crippen LogP contribution in [0.3, 0.4) is 0 Å². The van der Waals surface area contributed by atoms with Crippen molar-refractivity contribution in [1.29, 1.82) is 0 Å². The fourth-order valence-electron chi connectivity index (χ4n) is 2.92. The quantitative estimate of drug-likeness (QED) is 0.279. The van der Waals surface area contributed by atoms with E-state index in [9.17, 15) is 0 Å². The highest BCUT2D eigenvalue weighted by atomic mass is 17.1. The Balaban J connectivity index is 2.24. The van der Waals surface area contributed by atoms with Crippen molar-refractivity contribution in [2.45, 2.75) is 51.0 Å². The molecule has 76 valence electrons. The summed E-state index contributed by atoms with van der Waals surface area (Å²) < 4.78 is 5.50. The van der Waals surface area contributed by atoms with Crippen molar-refractivity contribution in [3.63, 3.8) is 0 Å². The van der Waals surface area contributed by atoms with Crippen molar-refractivity contribution >= 4 is 0 Å². The lowest BCUT2D eigenvalue weighted by Gasteiger charge is -2.39. The average molecular weight is 187 g/mol. The Morgan fingerprint density at radius 2 is 2.00 bits per heavy atom. The summed E-state index contributed by atoms with van der Waals surface area (Å²) in [6, 6.07) is 0. The molecule has 1 aliphatic heterocycles. The first kappa shape index (κ1) is 9.40. The minimum atomic E-state index is -1.02. The second-order valence-corrected chi connectivity index (χ2v) is 5.37. The van der Waals surface area contributed by atoms with E-state index >= 15 is 0 Å². The van der Waals surface area contributed by atoms with Crippen molar-refractivity contribution < 1.29 is 14.9 Å². The minimum absolute atomic E-state index is 0.0548. The molecule has 0 radical (unpaired) electrons. The third kappa shape index (κ3) is 1.29. The van der Waals surface area contributed by atoms with E-state index in [4.69, 9.17) is 15.7 Å². The zero-order valence-corrected chi connectivity index (χ0v) is 8.33. The standard InChI is InChI=1S/C9H17NO3/c1-7(2)4-8(3)6(12-8)9(10,5-7)13-11/h6,11H,4-5,10H2,1-3H3. The normalized spacial score (nSPS) is 52.8. The molecule has 2 aliphatic rings. The van der Waals surface area contributed by atoms with Crippen LogP contribution in [0, 0.1) is 5.41 Å². The largest absolute Gasteiger partial charge is 0.362 e. The van der Waals surface area contributed by atoms with Gasteiger partial charge in [0.1, 0.15) is 6.10 Å². The zero-order chi connectivity index (χ0) is 9.91. The lowest BCUT2D eigenvalue weighted by atomic mass is 9.69. The summed E-state index contributed by atoms with van der Waals surface area (Å²) in [5.74, 6) is 0. The summed E-state index contributed by atoms with van der Waals surface area (Å²) in [6.45, 7) is 6.23. The molecule has 0 spiro atoms. The number of hydrogen-bond acceptors (Lipinski definition) is 4. The van der Waals surface area contributed by atoms with E-state index < -0.39 is 5.72 Å². The SMILES string of the molecule is CC1(C)CC2(C)OC2C(N)(OO)C1. The Morgan fingerprint density at radius 3 is 2.54 bits per heavy atom. The van der Waals surface area contributed by atoms with E-state index in [2.05, 4.69) is 18.7 Å². The summed E-state index contributed by atoms with van der Waals surface area (Å²) in [6.07, 6.45) is 1.43. The summed E-state index contributed by atoms with van der Waals surface area (Å²) >= 11 is 0. The molecule has 2 fully saturated rings.